The number of aryl methyl sites for hydroxylation is 1. The first-order chi connectivity index (χ1) is 6.84. The van der Waals surface area contributed by atoms with Gasteiger partial charge in [-0.3, -0.25) is 0 Å². The van der Waals surface area contributed by atoms with E-state index in [1.807, 2.05) is 0 Å². The highest BCUT2D eigenvalue weighted by molar-refractivity contribution is 6.21. The second kappa shape index (κ2) is 2.99. The number of benzene rings is 2. The minimum atomic E-state index is 0.231. The summed E-state index contributed by atoms with van der Waals surface area (Å²) in [5, 5.41) is 2.87. The van der Waals surface area contributed by atoms with Gasteiger partial charge < -0.3 is 0 Å². The zero-order chi connectivity index (χ0) is 9.54. The van der Waals surface area contributed by atoms with Crippen molar-refractivity contribution in [3.05, 3.63) is 47.5 Å². The monoisotopic (exact) mass is 202 g/mol. The fourth-order valence-electron chi connectivity index (χ4n) is 2.25. The lowest BCUT2D eigenvalue weighted by molar-refractivity contribution is 0.882. The molecular weight excluding hydrogens is 192 g/mol. The Morgan fingerprint density at radius 2 is 1.79 bits per heavy atom. The summed E-state index contributed by atoms with van der Waals surface area (Å²) in [5.74, 6) is 0. The first kappa shape index (κ1) is 8.31. The van der Waals surface area contributed by atoms with Gasteiger partial charge in [-0.2, -0.15) is 0 Å². The van der Waals surface area contributed by atoms with Crippen molar-refractivity contribution < 1.29 is 0 Å². The summed E-state index contributed by atoms with van der Waals surface area (Å²) >= 11 is 6.24. The van der Waals surface area contributed by atoms with Gasteiger partial charge in [-0.05, 0) is 40.8 Å². The average Bonchev–Trinajstić information content (AvgIpc) is 2.57. The summed E-state index contributed by atoms with van der Waals surface area (Å²) in [6.07, 6.45) is 2.22. The number of rotatable bonds is 0. The van der Waals surface area contributed by atoms with E-state index in [-0.39, 0.29) is 5.38 Å². The van der Waals surface area contributed by atoms with Crippen LogP contribution in [0.4, 0.5) is 0 Å². The first-order valence-corrected chi connectivity index (χ1v) is 5.44. The van der Waals surface area contributed by atoms with Crippen LogP contribution in [0.25, 0.3) is 10.8 Å². The van der Waals surface area contributed by atoms with E-state index in [0.717, 1.165) is 12.8 Å². The lowest BCUT2D eigenvalue weighted by Crippen LogP contribution is -1.84. The van der Waals surface area contributed by atoms with Gasteiger partial charge in [0.05, 0.1) is 5.38 Å². The van der Waals surface area contributed by atoms with Crippen LogP contribution in [0.1, 0.15) is 22.9 Å². The molecule has 2 aromatic carbocycles. The van der Waals surface area contributed by atoms with Crippen LogP contribution in [0.3, 0.4) is 0 Å². The van der Waals surface area contributed by atoms with Gasteiger partial charge in [0.2, 0.25) is 0 Å². The Morgan fingerprint density at radius 3 is 2.57 bits per heavy atom. The van der Waals surface area contributed by atoms with E-state index in [1.165, 1.54) is 21.9 Å². The Kier molecular flexibility index (Phi) is 1.78. The molecule has 1 aliphatic carbocycles. The highest BCUT2D eigenvalue weighted by Crippen LogP contribution is 2.38. The molecule has 3 rings (SSSR count). The lowest BCUT2D eigenvalue weighted by Gasteiger charge is -2.05. The Balaban J connectivity index is 2.33. The normalized spacial score (nSPS) is 19.9. The van der Waals surface area contributed by atoms with Gasteiger partial charge in [-0.1, -0.05) is 30.3 Å². The van der Waals surface area contributed by atoms with Crippen LogP contribution >= 0.6 is 11.6 Å². The van der Waals surface area contributed by atoms with E-state index in [0.29, 0.717) is 0 Å². The Labute approximate surface area is 88.5 Å². The van der Waals surface area contributed by atoms with E-state index < -0.39 is 0 Å². The second-order valence-electron chi connectivity index (χ2n) is 3.90. The smallest absolute Gasteiger partial charge is 0.0591 e. The number of alkyl halides is 1. The molecule has 0 fully saturated rings. The standard InChI is InChI=1S/C13H11Cl/c14-13-6-5-11-7-9-3-1-2-4-10(9)8-12(11)13/h1-4,7-8,13H,5-6H2. The van der Waals surface area contributed by atoms with E-state index in [4.69, 9.17) is 11.6 Å². The summed E-state index contributed by atoms with van der Waals surface area (Å²) < 4.78 is 0. The molecule has 70 valence electrons. The third-order valence-corrected chi connectivity index (χ3v) is 3.47. The van der Waals surface area contributed by atoms with Crippen LogP contribution in [0.5, 0.6) is 0 Å². The molecule has 0 saturated heterocycles. The predicted molar refractivity (Wildman–Crippen MR) is 60.9 cm³/mol. The van der Waals surface area contributed by atoms with Crippen molar-refractivity contribution in [3.8, 4) is 0 Å². The molecule has 0 spiro atoms. The average molecular weight is 203 g/mol. The predicted octanol–water partition coefficient (Wildman–Crippen LogP) is 4.07. The first-order valence-electron chi connectivity index (χ1n) is 5.00. The molecule has 1 atom stereocenters. The number of fused-ring (bicyclic) bond motifs is 2. The molecule has 0 heterocycles. The summed E-state index contributed by atoms with van der Waals surface area (Å²) in [7, 11) is 0. The van der Waals surface area contributed by atoms with E-state index >= 15 is 0 Å². The summed E-state index contributed by atoms with van der Waals surface area (Å²) in [6, 6.07) is 13.0. The molecule has 14 heavy (non-hydrogen) atoms. The maximum atomic E-state index is 6.24. The number of hydrogen-bond donors (Lipinski definition) is 0. The van der Waals surface area contributed by atoms with Crippen LogP contribution in [-0.2, 0) is 6.42 Å². The van der Waals surface area contributed by atoms with Gasteiger partial charge in [-0.25, -0.2) is 0 Å². The zero-order valence-corrected chi connectivity index (χ0v) is 8.59. The van der Waals surface area contributed by atoms with Gasteiger partial charge in [0.25, 0.3) is 0 Å². The zero-order valence-electron chi connectivity index (χ0n) is 7.83. The van der Waals surface area contributed by atoms with Crippen LogP contribution in [-0.4, -0.2) is 0 Å². The van der Waals surface area contributed by atoms with E-state index in [1.54, 1.807) is 0 Å². The van der Waals surface area contributed by atoms with Gasteiger partial charge in [-0.15, -0.1) is 11.6 Å². The van der Waals surface area contributed by atoms with Crippen LogP contribution in [0.2, 0.25) is 0 Å². The summed E-state index contributed by atoms with van der Waals surface area (Å²) in [4.78, 5) is 0. The van der Waals surface area contributed by atoms with Crippen molar-refractivity contribution in [2.24, 2.45) is 0 Å². The van der Waals surface area contributed by atoms with Gasteiger partial charge in [0, 0.05) is 0 Å². The SMILES string of the molecule is ClC1CCc2cc3ccccc3cc21. The number of halogens is 1. The molecule has 1 aliphatic rings. The molecule has 0 nitrogen and oxygen atoms in total. The third-order valence-electron chi connectivity index (χ3n) is 3.01. The van der Waals surface area contributed by atoms with Crippen molar-refractivity contribution in [2.45, 2.75) is 18.2 Å². The summed E-state index contributed by atoms with van der Waals surface area (Å²) in [6.45, 7) is 0. The fraction of sp³-hybridized carbons (Fsp3) is 0.231. The lowest BCUT2D eigenvalue weighted by atomic mass is 10.0. The molecule has 0 saturated carbocycles. The van der Waals surface area contributed by atoms with Crippen molar-refractivity contribution in [2.75, 3.05) is 0 Å². The Hall–Kier alpha value is -1.01. The second-order valence-corrected chi connectivity index (χ2v) is 4.43. The fourth-order valence-corrected chi connectivity index (χ4v) is 2.56. The maximum absolute atomic E-state index is 6.24. The van der Waals surface area contributed by atoms with Crippen molar-refractivity contribution >= 4 is 22.4 Å². The third kappa shape index (κ3) is 1.14. The van der Waals surface area contributed by atoms with Crippen LogP contribution in [0.15, 0.2) is 36.4 Å². The van der Waals surface area contributed by atoms with Crippen molar-refractivity contribution in [1.82, 2.24) is 0 Å². The van der Waals surface area contributed by atoms with Crippen LogP contribution in [0, 0.1) is 0 Å². The molecule has 1 unspecified atom stereocenters. The minimum absolute atomic E-state index is 0.231. The van der Waals surface area contributed by atoms with Crippen molar-refractivity contribution in [3.63, 3.8) is 0 Å². The quantitative estimate of drug-likeness (QED) is 0.565. The molecule has 0 aliphatic heterocycles. The number of hydrogen-bond acceptors (Lipinski definition) is 0. The molecule has 2 aromatic rings. The van der Waals surface area contributed by atoms with E-state index in [9.17, 15) is 0 Å². The van der Waals surface area contributed by atoms with Crippen LogP contribution < -0.4 is 0 Å². The highest BCUT2D eigenvalue weighted by atomic mass is 35.5. The Bertz CT molecular complexity index is 488. The molecule has 0 amide bonds. The molecular formula is C13H11Cl. The minimum Gasteiger partial charge on any atom is -0.118 e. The molecule has 0 aromatic heterocycles. The molecule has 0 radical (unpaired) electrons. The molecule has 0 N–H and O–H groups in total. The largest absolute Gasteiger partial charge is 0.118 e. The van der Waals surface area contributed by atoms with Gasteiger partial charge >= 0.3 is 0 Å². The molecule has 1 heteroatoms. The molecule has 0 bridgehead atoms. The van der Waals surface area contributed by atoms with Gasteiger partial charge in [0.1, 0.15) is 0 Å². The van der Waals surface area contributed by atoms with E-state index in [2.05, 4.69) is 36.4 Å². The van der Waals surface area contributed by atoms with Gasteiger partial charge in [0.15, 0.2) is 0 Å². The van der Waals surface area contributed by atoms with Crippen molar-refractivity contribution in [1.29, 1.82) is 0 Å². The highest BCUT2D eigenvalue weighted by Gasteiger charge is 2.20. The topological polar surface area (TPSA) is 0 Å². The Morgan fingerprint density at radius 1 is 1.07 bits per heavy atom. The maximum Gasteiger partial charge on any atom is 0.0591 e. The summed E-state index contributed by atoms with van der Waals surface area (Å²) in [5.41, 5.74) is 2.77.